The quantitative estimate of drug-likeness (QED) is 0.0339. The van der Waals surface area contributed by atoms with Crippen LogP contribution in [0, 0.1) is 17.0 Å². The van der Waals surface area contributed by atoms with Crippen LogP contribution in [0.1, 0.15) is 70.3 Å². The number of carbonyl (C=O) groups is 10. The second kappa shape index (κ2) is 27.4. The van der Waals surface area contributed by atoms with Gasteiger partial charge in [0.1, 0.15) is 49.0 Å². The normalized spacial score (nSPS) is 14.1. The van der Waals surface area contributed by atoms with Gasteiger partial charge in [0.15, 0.2) is 0 Å². The Morgan fingerprint density at radius 1 is 0.782 bits per heavy atom. The summed E-state index contributed by atoms with van der Waals surface area (Å²) in [7, 11) is 1.30. The van der Waals surface area contributed by atoms with Gasteiger partial charge in [0.25, 0.3) is 11.8 Å². The SMILES string of the molecule is C[C@H](NC(=O)Cc1ccncc1)C(=O)N(C)[C@@H](C)C(=O)N[C@@H](CC(=O)N[C@@H](CCN(C(=O)CO)[C@@H](c1cc(-c2cc(F)ccc2F)cn1Cc1ccccc1)C(C)(C)C)C(=O)NCCNC(=O)CN1C(=O)C=CC1=O)C(N)=O. The monoisotopic (exact) mass is 1080 g/mol. The van der Waals surface area contributed by atoms with Crippen molar-refractivity contribution in [3.05, 3.63) is 126 Å². The number of amides is 10. The summed E-state index contributed by atoms with van der Waals surface area (Å²) in [5, 5.41) is 23.0. The predicted octanol–water partition coefficient (Wildman–Crippen LogP) is 0.772. The first kappa shape index (κ1) is 60.2. The molecular weight excluding hydrogens is 1020 g/mol. The minimum atomic E-state index is -1.70. The highest BCUT2D eigenvalue weighted by molar-refractivity contribution is 6.14. The standard InChI is InChI=1S/C54H65F2N11O11/c1-32(61-43(69)24-34-16-19-58-20-17-34)53(78)64(6)33(2)51(76)63-41(50(57)75)27-44(70)62-40(52(77)60-22-21-59-45(71)30-67-46(72)14-15-47(67)73)18-23-66(48(74)31-68)49(54(3,4)5)42-25-36(38-26-37(55)12-13-39(38)56)29-65(42)28-35-10-8-7-9-11-35/h7-17,19-20,25-26,29,32-33,40-41,49,68H,18,21-24,27-28,30-31H2,1-6H3,(H2,57,75)(H,59,71)(H,60,77)(H,61,69)(H,62,70)(H,63,76)/t32-,33-,40-,41-,49-/m0/s1. The van der Waals surface area contributed by atoms with Gasteiger partial charge in [-0.2, -0.15) is 0 Å². The van der Waals surface area contributed by atoms with E-state index in [2.05, 4.69) is 31.6 Å². The first-order valence-electron chi connectivity index (χ1n) is 24.9. The van der Waals surface area contributed by atoms with Crippen LogP contribution < -0.4 is 32.3 Å². The number of likely N-dealkylation sites (N-methyl/N-ethyl adjacent to an activating group) is 1. The van der Waals surface area contributed by atoms with Crippen molar-refractivity contribution < 1.29 is 61.8 Å². The molecule has 416 valence electrons. The number of nitrogens with zero attached hydrogens (tertiary/aromatic N) is 5. The van der Waals surface area contributed by atoms with E-state index < -0.39 is 126 Å². The van der Waals surface area contributed by atoms with Gasteiger partial charge in [0.2, 0.25) is 47.3 Å². The van der Waals surface area contributed by atoms with Crippen LogP contribution >= 0.6 is 0 Å². The van der Waals surface area contributed by atoms with Gasteiger partial charge in [-0.25, -0.2) is 8.78 Å². The van der Waals surface area contributed by atoms with E-state index in [-0.39, 0.29) is 50.1 Å². The van der Waals surface area contributed by atoms with E-state index in [0.717, 1.165) is 40.8 Å². The lowest BCUT2D eigenvalue weighted by atomic mass is 9.82. The summed E-state index contributed by atoms with van der Waals surface area (Å²) in [6, 6.07) is 10.5. The van der Waals surface area contributed by atoms with Crippen LogP contribution in [-0.4, -0.2) is 152 Å². The van der Waals surface area contributed by atoms with E-state index in [0.29, 0.717) is 16.2 Å². The molecule has 0 bridgehead atoms. The molecule has 22 nitrogen and oxygen atoms in total. The molecule has 0 unspecified atom stereocenters. The third kappa shape index (κ3) is 16.7. The number of rotatable bonds is 26. The average Bonchev–Trinajstić information content (AvgIpc) is 4.04. The third-order valence-corrected chi connectivity index (χ3v) is 12.7. The third-order valence-electron chi connectivity index (χ3n) is 12.7. The lowest BCUT2D eigenvalue weighted by Crippen LogP contribution is -2.56. The van der Waals surface area contributed by atoms with Crippen LogP contribution in [0.25, 0.3) is 11.1 Å². The van der Waals surface area contributed by atoms with Crippen LogP contribution in [0.2, 0.25) is 0 Å². The summed E-state index contributed by atoms with van der Waals surface area (Å²) in [5.74, 6) is -9.37. The molecule has 0 saturated carbocycles. The largest absolute Gasteiger partial charge is 0.387 e. The first-order valence-corrected chi connectivity index (χ1v) is 24.9. The number of halogens is 2. The van der Waals surface area contributed by atoms with Crippen LogP contribution in [-0.2, 0) is 60.9 Å². The maximum absolute atomic E-state index is 15.4. The number of aliphatic hydroxyl groups is 1. The maximum Gasteiger partial charge on any atom is 0.254 e. The van der Waals surface area contributed by atoms with Crippen molar-refractivity contribution in [3.63, 3.8) is 0 Å². The highest BCUT2D eigenvalue weighted by atomic mass is 19.1. The second-order valence-electron chi connectivity index (χ2n) is 19.7. The van der Waals surface area contributed by atoms with Crippen LogP contribution in [0.5, 0.6) is 0 Å². The summed E-state index contributed by atoms with van der Waals surface area (Å²) in [5.41, 5.74) is 6.88. The number of aliphatic hydroxyl groups excluding tert-OH is 1. The lowest BCUT2D eigenvalue weighted by molar-refractivity contribution is -0.141. The van der Waals surface area contributed by atoms with Gasteiger partial charge >= 0.3 is 0 Å². The number of nitrogens with two attached hydrogens (primary N) is 1. The molecule has 4 aromatic rings. The number of pyridine rings is 1. The van der Waals surface area contributed by atoms with Gasteiger partial charge in [0.05, 0.1) is 18.9 Å². The van der Waals surface area contributed by atoms with Gasteiger partial charge in [-0.3, -0.25) is 57.8 Å². The first-order chi connectivity index (χ1) is 36.9. The Morgan fingerprint density at radius 2 is 1.44 bits per heavy atom. The zero-order valence-electron chi connectivity index (χ0n) is 44.1. The minimum Gasteiger partial charge on any atom is -0.387 e. The van der Waals surface area contributed by atoms with Crippen molar-refractivity contribution in [2.45, 2.75) is 90.6 Å². The summed E-state index contributed by atoms with van der Waals surface area (Å²) in [6.07, 6.45) is 5.42. The molecule has 5 rings (SSSR count). The van der Waals surface area contributed by atoms with E-state index in [4.69, 9.17) is 5.73 Å². The average molecular weight is 1080 g/mol. The summed E-state index contributed by atoms with van der Waals surface area (Å²) in [4.78, 5) is 138. The van der Waals surface area contributed by atoms with Gasteiger partial charge in [0, 0.05) is 80.8 Å². The molecule has 10 amide bonds. The number of hydrogen-bond acceptors (Lipinski definition) is 12. The van der Waals surface area contributed by atoms with E-state index >= 15 is 4.39 Å². The van der Waals surface area contributed by atoms with Gasteiger partial charge in [-0.05, 0) is 73.2 Å². The Morgan fingerprint density at radius 3 is 2.06 bits per heavy atom. The molecule has 5 atom stereocenters. The fraction of sp³-hybridized carbons (Fsp3) is 0.389. The molecule has 0 spiro atoms. The van der Waals surface area contributed by atoms with Crippen molar-refractivity contribution in [1.29, 1.82) is 0 Å². The van der Waals surface area contributed by atoms with Crippen molar-refractivity contribution >= 4 is 59.1 Å². The topological polar surface area (TPSA) is 305 Å². The number of hydrogen-bond donors (Lipinski definition) is 7. The van der Waals surface area contributed by atoms with Gasteiger partial charge < -0.3 is 51.8 Å². The van der Waals surface area contributed by atoms with Crippen LogP contribution in [0.4, 0.5) is 8.78 Å². The Bertz CT molecular complexity index is 2880. The molecule has 2 aromatic carbocycles. The van der Waals surface area contributed by atoms with Crippen LogP contribution in [0.3, 0.4) is 0 Å². The van der Waals surface area contributed by atoms with Crippen molar-refractivity contribution in [1.82, 2.24) is 50.8 Å². The number of aromatic nitrogens is 2. The smallest absolute Gasteiger partial charge is 0.254 e. The van der Waals surface area contributed by atoms with Gasteiger partial charge in [-0.15, -0.1) is 0 Å². The molecular formula is C54H65F2N11O11. The van der Waals surface area contributed by atoms with Gasteiger partial charge in [-0.1, -0.05) is 51.1 Å². The number of benzene rings is 2. The predicted molar refractivity (Wildman–Crippen MR) is 278 cm³/mol. The van der Waals surface area contributed by atoms with E-state index in [1.54, 1.807) is 49.7 Å². The number of imide groups is 1. The van der Waals surface area contributed by atoms with Crippen LogP contribution in [0.15, 0.2) is 97.5 Å². The summed E-state index contributed by atoms with van der Waals surface area (Å²) in [6.45, 7) is 5.95. The van der Waals surface area contributed by atoms with Crippen molar-refractivity contribution in [3.8, 4) is 11.1 Å². The molecule has 0 radical (unpaired) electrons. The fourth-order valence-corrected chi connectivity index (χ4v) is 8.60. The maximum atomic E-state index is 15.4. The highest BCUT2D eigenvalue weighted by Crippen LogP contribution is 2.41. The number of primary amides is 1. The van der Waals surface area contributed by atoms with E-state index in [1.807, 2.05) is 30.3 Å². The van der Waals surface area contributed by atoms with E-state index in [1.165, 1.54) is 38.2 Å². The lowest BCUT2D eigenvalue weighted by Gasteiger charge is -2.41. The Labute approximate surface area is 449 Å². The molecule has 1 aliphatic rings. The molecule has 1 aliphatic heterocycles. The van der Waals surface area contributed by atoms with Crippen molar-refractivity contribution in [2.24, 2.45) is 11.1 Å². The van der Waals surface area contributed by atoms with Crippen molar-refractivity contribution in [2.75, 3.05) is 39.8 Å². The molecule has 0 aliphatic carbocycles. The fourth-order valence-electron chi connectivity index (χ4n) is 8.60. The zero-order chi connectivity index (χ0) is 57.4. The summed E-state index contributed by atoms with van der Waals surface area (Å²) >= 11 is 0. The molecule has 0 fully saturated rings. The molecule has 8 N–H and O–H groups in total. The Balaban J connectivity index is 1.38. The molecule has 0 saturated heterocycles. The molecule has 24 heteroatoms. The van der Waals surface area contributed by atoms with E-state index in [9.17, 15) is 57.4 Å². The highest BCUT2D eigenvalue weighted by Gasteiger charge is 2.39. The number of carbonyl (C=O) groups excluding carboxylic acids is 10. The second-order valence-corrected chi connectivity index (χ2v) is 19.7. The molecule has 3 heterocycles. The summed E-state index contributed by atoms with van der Waals surface area (Å²) < 4.78 is 31.8. The number of nitrogens with one attached hydrogen (secondary N) is 5. The molecule has 78 heavy (non-hydrogen) atoms. The Hall–Kier alpha value is -8.67. The minimum absolute atomic E-state index is 0.0436. The molecule has 2 aromatic heterocycles. The Kier molecular flexibility index (Phi) is 21.1. The zero-order valence-corrected chi connectivity index (χ0v) is 44.1.